The highest BCUT2D eigenvalue weighted by Gasteiger charge is 2.49. The molecule has 1 aliphatic heterocycles. The number of hydrogen-bond donors (Lipinski definition) is 2. The van der Waals surface area contributed by atoms with Crippen LogP contribution in [-0.2, 0) is 11.8 Å². The number of imidazole rings is 1. The van der Waals surface area contributed by atoms with E-state index in [0.717, 1.165) is 24.7 Å². The maximum atomic E-state index is 11.6. The lowest BCUT2D eigenvalue weighted by Gasteiger charge is -2.47. The fraction of sp³-hybridized carbons (Fsp3) is 0.571. The van der Waals surface area contributed by atoms with Gasteiger partial charge in [0.2, 0.25) is 0 Å². The van der Waals surface area contributed by atoms with Crippen LogP contribution in [-0.4, -0.2) is 62.3 Å². The van der Waals surface area contributed by atoms with Crippen LogP contribution in [0, 0.1) is 0 Å². The molecule has 2 aromatic rings. The standard InChI is InChI=1S/C14H20N6O2/c1-9-4-15-5-10(2)20(9,7-12(21)22)14-18-11-6-16-8-17-13(11)19(14)3/h6,8-10,15H,4-5,7H2,1-3H3/p+1/t9-,10+,20?. The minimum Gasteiger partial charge on any atom is -0.477 e. The third-order valence-corrected chi connectivity index (χ3v) is 4.73. The Labute approximate surface area is 128 Å². The molecule has 3 rings (SSSR count). The van der Waals surface area contributed by atoms with E-state index < -0.39 is 5.97 Å². The molecule has 3 heterocycles. The van der Waals surface area contributed by atoms with Crippen LogP contribution in [0.2, 0.25) is 0 Å². The fourth-order valence-corrected chi connectivity index (χ4v) is 3.56. The zero-order valence-corrected chi connectivity index (χ0v) is 13.0. The van der Waals surface area contributed by atoms with Crippen molar-refractivity contribution in [2.75, 3.05) is 19.6 Å². The highest BCUT2D eigenvalue weighted by Crippen LogP contribution is 2.32. The zero-order chi connectivity index (χ0) is 15.9. The van der Waals surface area contributed by atoms with Crippen molar-refractivity contribution in [2.45, 2.75) is 25.9 Å². The first-order chi connectivity index (χ1) is 10.5. The summed E-state index contributed by atoms with van der Waals surface area (Å²) in [6.45, 7) is 5.65. The topological polar surface area (TPSA) is 92.9 Å². The molecule has 3 atom stereocenters. The Morgan fingerprint density at radius 3 is 2.73 bits per heavy atom. The van der Waals surface area contributed by atoms with E-state index in [-0.39, 0.29) is 18.6 Å². The molecule has 22 heavy (non-hydrogen) atoms. The SMILES string of the molecule is C[C@@H]1CNC[C@H](C)[N+]1(CC(=O)O)c1nc2cncnc2n1C. The van der Waals surface area contributed by atoms with Crippen LogP contribution in [0.4, 0.5) is 5.95 Å². The molecule has 118 valence electrons. The quantitative estimate of drug-likeness (QED) is 0.783. The van der Waals surface area contributed by atoms with Gasteiger partial charge in [0.25, 0.3) is 0 Å². The molecular weight excluding hydrogens is 284 g/mol. The first-order valence-electron chi connectivity index (χ1n) is 7.39. The Hall–Kier alpha value is -2.06. The monoisotopic (exact) mass is 305 g/mol. The van der Waals surface area contributed by atoms with Crippen molar-refractivity contribution < 1.29 is 9.90 Å². The van der Waals surface area contributed by atoms with Crippen molar-refractivity contribution in [1.29, 1.82) is 0 Å². The van der Waals surface area contributed by atoms with Gasteiger partial charge in [-0.1, -0.05) is 0 Å². The molecule has 0 aromatic carbocycles. The number of carboxylic acids is 1. The van der Waals surface area contributed by atoms with Gasteiger partial charge in [-0.25, -0.2) is 19.2 Å². The molecule has 8 heteroatoms. The molecule has 0 bridgehead atoms. The van der Waals surface area contributed by atoms with Crippen molar-refractivity contribution in [3.8, 4) is 0 Å². The van der Waals surface area contributed by atoms with Crippen LogP contribution in [0.15, 0.2) is 12.5 Å². The molecule has 0 radical (unpaired) electrons. The van der Waals surface area contributed by atoms with Crippen LogP contribution < -0.4 is 9.80 Å². The Morgan fingerprint density at radius 2 is 2.14 bits per heavy atom. The lowest BCUT2D eigenvalue weighted by molar-refractivity contribution is -0.139. The number of aryl methyl sites for hydroxylation is 1. The van der Waals surface area contributed by atoms with Gasteiger partial charge in [0.05, 0.1) is 6.20 Å². The average molecular weight is 305 g/mol. The molecule has 1 unspecified atom stereocenters. The van der Waals surface area contributed by atoms with E-state index in [1.54, 1.807) is 6.20 Å². The van der Waals surface area contributed by atoms with Crippen molar-refractivity contribution in [1.82, 2.24) is 29.3 Å². The van der Waals surface area contributed by atoms with Gasteiger partial charge in [-0.2, -0.15) is 4.98 Å². The van der Waals surface area contributed by atoms with Gasteiger partial charge in [-0.15, -0.1) is 0 Å². The molecule has 1 saturated heterocycles. The molecule has 0 aliphatic carbocycles. The van der Waals surface area contributed by atoms with Crippen LogP contribution in [0.25, 0.3) is 11.2 Å². The number of nitrogens with zero attached hydrogens (tertiary/aromatic N) is 5. The Balaban J connectivity index is 2.23. The molecule has 0 saturated carbocycles. The van der Waals surface area contributed by atoms with Crippen molar-refractivity contribution in [3.63, 3.8) is 0 Å². The van der Waals surface area contributed by atoms with Crippen LogP contribution in [0.5, 0.6) is 0 Å². The van der Waals surface area contributed by atoms with E-state index in [9.17, 15) is 9.90 Å². The molecule has 2 aromatic heterocycles. The summed E-state index contributed by atoms with van der Waals surface area (Å²) in [4.78, 5) is 24.5. The number of fused-ring (bicyclic) bond motifs is 1. The largest absolute Gasteiger partial charge is 0.477 e. The minimum atomic E-state index is -0.821. The number of carboxylic acid groups (broad SMARTS) is 1. The summed E-state index contributed by atoms with van der Waals surface area (Å²) in [6, 6.07) is 0.201. The van der Waals surface area contributed by atoms with Gasteiger partial charge in [-0.05, 0) is 13.8 Å². The fourth-order valence-electron chi connectivity index (χ4n) is 3.56. The second-order valence-electron chi connectivity index (χ2n) is 6.04. The van der Waals surface area contributed by atoms with E-state index in [0.29, 0.717) is 10.00 Å². The molecule has 0 spiro atoms. The van der Waals surface area contributed by atoms with Crippen molar-refractivity contribution in [3.05, 3.63) is 12.5 Å². The molecule has 2 N–H and O–H groups in total. The summed E-state index contributed by atoms with van der Waals surface area (Å²) in [6.07, 6.45) is 3.15. The van der Waals surface area contributed by atoms with Crippen molar-refractivity contribution in [2.24, 2.45) is 7.05 Å². The third-order valence-electron chi connectivity index (χ3n) is 4.73. The maximum absolute atomic E-state index is 11.6. The first-order valence-corrected chi connectivity index (χ1v) is 7.39. The summed E-state index contributed by atoms with van der Waals surface area (Å²) in [5.41, 5.74) is 1.42. The highest BCUT2D eigenvalue weighted by atomic mass is 16.4. The maximum Gasteiger partial charge on any atom is 0.359 e. The van der Waals surface area contributed by atoms with E-state index in [1.807, 2.05) is 11.6 Å². The smallest absolute Gasteiger partial charge is 0.359 e. The number of carbonyl (C=O) groups is 1. The zero-order valence-electron chi connectivity index (χ0n) is 13.0. The number of aliphatic carboxylic acids is 1. The number of hydrogen-bond acceptors (Lipinski definition) is 5. The first kappa shape index (κ1) is 14.9. The van der Waals surface area contributed by atoms with Crippen molar-refractivity contribution >= 4 is 23.1 Å². The summed E-state index contributed by atoms with van der Waals surface area (Å²) < 4.78 is 2.22. The van der Waals surface area contributed by atoms with Gasteiger partial charge in [0.1, 0.15) is 23.9 Å². The van der Waals surface area contributed by atoms with Gasteiger partial charge < -0.3 is 10.4 Å². The third kappa shape index (κ3) is 2.06. The average Bonchev–Trinajstić information content (AvgIpc) is 2.81. The lowest BCUT2D eigenvalue weighted by atomic mass is 10.0. The number of aromatic nitrogens is 4. The summed E-state index contributed by atoms with van der Waals surface area (Å²) >= 11 is 0. The molecule has 8 nitrogen and oxygen atoms in total. The van der Waals surface area contributed by atoms with Gasteiger partial charge in [-0.3, -0.25) is 4.57 Å². The highest BCUT2D eigenvalue weighted by molar-refractivity contribution is 5.76. The second kappa shape index (κ2) is 5.29. The summed E-state index contributed by atoms with van der Waals surface area (Å²) in [7, 11) is 1.89. The Kier molecular flexibility index (Phi) is 3.57. The van der Waals surface area contributed by atoms with Gasteiger partial charge in [0, 0.05) is 20.1 Å². The second-order valence-corrected chi connectivity index (χ2v) is 6.04. The van der Waals surface area contributed by atoms with E-state index >= 15 is 0 Å². The predicted molar refractivity (Wildman–Crippen MR) is 82.4 cm³/mol. The van der Waals surface area contributed by atoms with E-state index in [2.05, 4.69) is 34.1 Å². The number of quaternary nitrogens is 1. The summed E-state index contributed by atoms with van der Waals surface area (Å²) in [5.74, 6) is -0.0851. The van der Waals surface area contributed by atoms with E-state index in [4.69, 9.17) is 0 Å². The molecule has 1 aliphatic rings. The lowest BCUT2D eigenvalue weighted by Crippen LogP contribution is -2.72. The summed E-state index contributed by atoms with van der Waals surface area (Å²) in [5, 5.41) is 12.9. The normalized spacial score (nSPS) is 28.9. The predicted octanol–water partition coefficient (Wildman–Crippen LogP) is 0.135. The van der Waals surface area contributed by atoms with Gasteiger partial charge in [0.15, 0.2) is 12.2 Å². The molecular formula is C14H21N6O2+. The van der Waals surface area contributed by atoms with Crippen LogP contribution in [0.3, 0.4) is 0 Å². The number of piperazine rings is 1. The molecule has 0 amide bonds. The Morgan fingerprint density at radius 1 is 1.45 bits per heavy atom. The minimum absolute atomic E-state index is 0.00854. The Bertz CT molecular complexity index is 702. The van der Waals surface area contributed by atoms with Gasteiger partial charge >= 0.3 is 11.9 Å². The molecule has 1 fully saturated rings. The van der Waals surface area contributed by atoms with E-state index in [1.165, 1.54) is 6.33 Å². The number of nitrogens with one attached hydrogen (secondary N) is 1. The number of rotatable bonds is 3. The van der Waals surface area contributed by atoms with Crippen LogP contribution in [0.1, 0.15) is 13.8 Å². The van der Waals surface area contributed by atoms with Crippen LogP contribution >= 0.6 is 0 Å².